The van der Waals surface area contributed by atoms with E-state index >= 15 is 0 Å². The minimum absolute atomic E-state index is 0.000198. The topological polar surface area (TPSA) is 69.6 Å². The molecule has 5 heteroatoms. The molecule has 0 aromatic heterocycles. The van der Waals surface area contributed by atoms with Gasteiger partial charge in [-0.3, -0.25) is 9.59 Å². The lowest BCUT2D eigenvalue weighted by Crippen LogP contribution is -2.45. The number of nitrogens with zero attached hydrogens (tertiary/aromatic N) is 1. The molecule has 1 atom stereocenters. The molecule has 0 fully saturated rings. The summed E-state index contributed by atoms with van der Waals surface area (Å²) in [6.45, 7) is 2.08. The molecule has 1 aromatic rings. The number of hydrogen-bond acceptors (Lipinski definition) is 3. The van der Waals surface area contributed by atoms with Gasteiger partial charge >= 0.3 is 0 Å². The number of hydrogen-bond donors (Lipinski definition) is 2. The van der Waals surface area contributed by atoms with Crippen LogP contribution in [-0.4, -0.2) is 36.1 Å². The predicted octanol–water partition coefficient (Wildman–Crippen LogP) is 1.24. The number of aliphatic hydroxyl groups excluding tert-OH is 1. The number of nitrogens with one attached hydrogen (secondary N) is 1. The minimum Gasteiger partial charge on any atom is -0.396 e. The van der Waals surface area contributed by atoms with Crippen LogP contribution in [0.25, 0.3) is 0 Å². The van der Waals surface area contributed by atoms with Crippen molar-refractivity contribution in [1.29, 1.82) is 0 Å². The SMILES string of the molecule is CC(CCCO)NC(=O)CN1C(=O)CCc2ccccc21. The Labute approximate surface area is 125 Å². The number of para-hydroxylation sites is 1. The lowest BCUT2D eigenvalue weighted by atomic mass is 10.0. The van der Waals surface area contributed by atoms with Crippen molar-refractivity contribution in [3.8, 4) is 0 Å². The second-order valence-corrected chi connectivity index (χ2v) is 5.44. The van der Waals surface area contributed by atoms with Crippen molar-refractivity contribution in [1.82, 2.24) is 5.32 Å². The van der Waals surface area contributed by atoms with Crippen LogP contribution in [0.15, 0.2) is 24.3 Å². The van der Waals surface area contributed by atoms with E-state index in [1.54, 1.807) is 4.90 Å². The van der Waals surface area contributed by atoms with Gasteiger partial charge in [-0.25, -0.2) is 0 Å². The van der Waals surface area contributed by atoms with E-state index in [1.807, 2.05) is 31.2 Å². The van der Waals surface area contributed by atoms with Crippen LogP contribution in [0.5, 0.6) is 0 Å². The van der Waals surface area contributed by atoms with E-state index in [0.717, 1.165) is 24.1 Å². The Hall–Kier alpha value is -1.88. The molecular weight excluding hydrogens is 268 g/mol. The summed E-state index contributed by atoms with van der Waals surface area (Å²) in [6, 6.07) is 7.71. The first-order chi connectivity index (χ1) is 10.1. The van der Waals surface area contributed by atoms with E-state index in [0.29, 0.717) is 12.8 Å². The Morgan fingerprint density at radius 3 is 2.90 bits per heavy atom. The number of fused-ring (bicyclic) bond motifs is 1. The maximum absolute atomic E-state index is 12.1. The predicted molar refractivity (Wildman–Crippen MR) is 81.0 cm³/mol. The zero-order valence-corrected chi connectivity index (χ0v) is 12.3. The fourth-order valence-corrected chi connectivity index (χ4v) is 2.60. The van der Waals surface area contributed by atoms with Gasteiger partial charge in [-0.05, 0) is 37.8 Å². The molecule has 1 heterocycles. The van der Waals surface area contributed by atoms with E-state index in [-0.39, 0.29) is 31.0 Å². The lowest BCUT2D eigenvalue weighted by Gasteiger charge is -2.29. The van der Waals surface area contributed by atoms with Crippen molar-refractivity contribution in [2.75, 3.05) is 18.1 Å². The van der Waals surface area contributed by atoms with Gasteiger partial charge in [0, 0.05) is 24.8 Å². The van der Waals surface area contributed by atoms with Crippen LogP contribution in [0, 0.1) is 0 Å². The Morgan fingerprint density at radius 1 is 1.38 bits per heavy atom. The number of benzene rings is 1. The third kappa shape index (κ3) is 4.04. The summed E-state index contributed by atoms with van der Waals surface area (Å²) in [4.78, 5) is 25.7. The molecule has 21 heavy (non-hydrogen) atoms. The largest absolute Gasteiger partial charge is 0.396 e. The third-order valence-corrected chi connectivity index (χ3v) is 3.70. The number of aryl methyl sites for hydroxylation is 1. The van der Waals surface area contributed by atoms with Crippen LogP contribution >= 0.6 is 0 Å². The third-order valence-electron chi connectivity index (χ3n) is 3.70. The standard InChI is InChI=1S/C16H22N2O3/c1-12(5-4-10-19)17-15(20)11-18-14-7-3-2-6-13(14)8-9-16(18)21/h2-3,6-7,12,19H,4-5,8-11H2,1H3,(H,17,20). The first kappa shape index (κ1) is 15.5. The number of carbonyl (C=O) groups excluding carboxylic acids is 2. The summed E-state index contributed by atoms with van der Waals surface area (Å²) >= 11 is 0. The van der Waals surface area contributed by atoms with Gasteiger partial charge in [0.2, 0.25) is 11.8 Å². The average molecular weight is 290 g/mol. The summed E-state index contributed by atoms with van der Waals surface area (Å²) in [5, 5.41) is 11.7. The molecule has 2 N–H and O–H groups in total. The zero-order valence-electron chi connectivity index (χ0n) is 12.3. The van der Waals surface area contributed by atoms with Crippen molar-refractivity contribution in [2.24, 2.45) is 0 Å². The molecule has 2 rings (SSSR count). The fraction of sp³-hybridized carbons (Fsp3) is 0.500. The van der Waals surface area contributed by atoms with Gasteiger partial charge in [0.05, 0.1) is 0 Å². The van der Waals surface area contributed by atoms with Crippen LogP contribution < -0.4 is 10.2 Å². The summed E-state index contributed by atoms with van der Waals surface area (Å²) in [7, 11) is 0. The van der Waals surface area contributed by atoms with Crippen molar-refractivity contribution >= 4 is 17.5 Å². The molecule has 1 aliphatic heterocycles. The first-order valence-electron chi connectivity index (χ1n) is 7.40. The van der Waals surface area contributed by atoms with Gasteiger partial charge in [0.25, 0.3) is 0 Å². The molecule has 0 saturated heterocycles. The fourth-order valence-electron chi connectivity index (χ4n) is 2.60. The number of anilines is 1. The van der Waals surface area contributed by atoms with Crippen molar-refractivity contribution in [3.63, 3.8) is 0 Å². The van der Waals surface area contributed by atoms with Crippen LogP contribution in [0.1, 0.15) is 31.7 Å². The number of amides is 2. The molecule has 114 valence electrons. The molecule has 0 spiro atoms. The highest BCUT2D eigenvalue weighted by Crippen LogP contribution is 2.27. The van der Waals surface area contributed by atoms with Crippen LogP contribution in [0.4, 0.5) is 5.69 Å². The summed E-state index contributed by atoms with van der Waals surface area (Å²) < 4.78 is 0. The lowest BCUT2D eigenvalue weighted by molar-refractivity contribution is -0.124. The van der Waals surface area contributed by atoms with Gasteiger partial charge in [-0.15, -0.1) is 0 Å². The van der Waals surface area contributed by atoms with E-state index in [2.05, 4.69) is 5.32 Å². The highest BCUT2D eigenvalue weighted by Gasteiger charge is 2.25. The molecule has 5 nitrogen and oxygen atoms in total. The molecule has 1 aromatic carbocycles. The quantitative estimate of drug-likeness (QED) is 0.828. The molecule has 0 radical (unpaired) electrons. The highest BCUT2D eigenvalue weighted by molar-refractivity contribution is 6.01. The second kappa shape index (κ2) is 7.22. The minimum atomic E-state index is -0.162. The van der Waals surface area contributed by atoms with Crippen molar-refractivity contribution < 1.29 is 14.7 Å². The van der Waals surface area contributed by atoms with Crippen LogP contribution in [-0.2, 0) is 16.0 Å². The summed E-state index contributed by atoms with van der Waals surface area (Å²) in [5.74, 6) is -0.169. The van der Waals surface area contributed by atoms with Crippen LogP contribution in [0.3, 0.4) is 0 Å². The summed E-state index contributed by atoms with van der Waals surface area (Å²) in [6.07, 6.45) is 2.57. The van der Waals surface area contributed by atoms with Gasteiger partial charge in [-0.1, -0.05) is 18.2 Å². The monoisotopic (exact) mass is 290 g/mol. The Kier molecular flexibility index (Phi) is 5.33. The van der Waals surface area contributed by atoms with Gasteiger partial charge in [0.1, 0.15) is 6.54 Å². The van der Waals surface area contributed by atoms with E-state index in [1.165, 1.54) is 0 Å². The van der Waals surface area contributed by atoms with Gasteiger partial charge < -0.3 is 15.3 Å². The maximum atomic E-state index is 12.1. The molecule has 1 aliphatic rings. The molecule has 2 amide bonds. The van der Waals surface area contributed by atoms with Crippen molar-refractivity contribution in [2.45, 2.75) is 38.6 Å². The van der Waals surface area contributed by atoms with Gasteiger partial charge in [0.15, 0.2) is 0 Å². The van der Waals surface area contributed by atoms with E-state index in [9.17, 15) is 9.59 Å². The molecule has 0 saturated carbocycles. The summed E-state index contributed by atoms with van der Waals surface area (Å²) in [5.41, 5.74) is 1.95. The second-order valence-electron chi connectivity index (χ2n) is 5.44. The Morgan fingerprint density at radius 2 is 2.14 bits per heavy atom. The average Bonchev–Trinajstić information content (AvgIpc) is 2.48. The smallest absolute Gasteiger partial charge is 0.240 e. The Bertz CT molecular complexity index is 516. The molecule has 1 unspecified atom stereocenters. The molecule has 0 aliphatic carbocycles. The van der Waals surface area contributed by atoms with Crippen molar-refractivity contribution in [3.05, 3.63) is 29.8 Å². The molecular formula is C16H22N2O3. The maximum Gasteiger partial charge on any atom is 0.240 e. The number of rotatable bonds is 6. The number of aliphatic hydroxyl groups is 1. The van der Waals surface area contributed by atoms with Gasteiger partial charge in [-0.2, -0.15) is 0 Å². The Balaban J connectivity index is 1.98. The highest BCUT2D eigenvalue weighted by atomic mass is 16.3. The van der Waals surface area contributed by atoms with Crippen LogP contribution in [0.2, 0.25) is 0 Å². The molecule has 0 bridgehead atoms. The first-order valence-corrected chi connectivity index (χ1v) is 7.40. The van der Waals surface area contributed by atoms with E-state index < -0.39 is 0 Å². The zero-order chi connectivity index (χ0) is 15.2. The normalized spacial score (nSPS) is 15.5. The number of carbonyl (C=O) groups is 2. The van der Waals surface area contributed by atoms with E-state index in [4.69, 9.17) is 5.11 Å².